The molecular formula is C11H19NO4. The summed E-state index contributed by atoms with van der Waals surface area (Å²) in [5, 5.41) is 18.5. The molecule has 2 unspecified atom stereocenters. The van der Waals surface area contributed by atoms with E-state index in [9.17, 15) is 9.90 Å². The molecule has 0 aromatic carbocycles. The number of aliphatic hydroxyl groups is 1. The van der Waals surface area contributed by atoms with E-state index in [1.165, 1.54) is 0 Å². The summed E-state index contributed by atoms with van der Waals surface area (Å²) in [6, 6.07) is 0. The second-order valence-electron chi connectivity index (χ2n) is 4.89. The van der Waals surface area contributed by atoms with Crippen LogP contribution in [0.5, 0.6) is 0 Å². The Kier molecular flexibility index (Phi) is 3.47. The zero-order valence-electron chi connectivity index (χ0n) is 9.39. The summed E-state index contributed by atoms with van der Waals surface area (Å²) in [4.78, 5) is 12.6. The van der Waals surface area contributed by atoms with E-state index < -0.39 is 5.97 Å². The molecule has 5 heteroatoms. The molecule has 2 rings (SSSR count). The van der Waals surface area contributed by atoms with Crippen molar-refractivity contribution in [2.45, 2.75) is 37.4 Å². The van der Waals surface area contributed by atoms with Crippen molar-refractivity contribution in [1.29, 1.82) is 0 Å². The van der Waals surface area contributed by atoms with E-state index in [0.29, 0.717) is 26.0 Å². The van der Waals surface area contributed by atoms with Crippen LogP contribution in [0.15, 0.2) is 0 Å². The van der Waals surface area contributed by atoms with Gasteiger partial charge in [0.1, 0.15) is 0 Å². The van der Waals surface area contributed by atoms with Gasteiger partial charge in [-0.15, -0.1) is 0 Å². The fourth-order valence-electron chi connectivity index (χ4n) is 2.80. The lowest BCUT2D eigenvalue weighted by molar-refractivity contribution is -0.154. The zero-order chi connectivity index (χ0) is 11.6. The lowest BCUT2D eigenvalue weighted by atomic mass is 9.84. The van der Waals surface area contributed by atoms with E-state index in [1.54, 1.807) is 0 Å². The van der Waals surface area contributed by atoms with Crippen molar-refractivity contribution in [3.63, 3.8) is 0 Å². The van der Waals surface area contributed by atoms with E-state index in [-0.39, 0.29) is 18.2 Å². The minimum Gasteiger partial charge on any atom is -0.480 e. The van der Waals surface area contributed by atoms with Gasteiger partial charge in [0.05, 0.1) is 18.2 Å². The summed E-state index contributed by atoms with van der Waals surface area (Å²) in [5.41, 5.74) is -0.300. The Labute approximate surface area is 95.0 Å². The number of carbonyl (C=O) groups is 1. The summed E-state index contributed by atoms with van der Waals surface area (Å²) in [5.74, 6) is -0.798. The van der Waals surface area contributed by atoms with Gasteiger partial charge in [0.15, 0.2) is 0 Å². The Bertz CT molecular complexity index is 267. The topological polar surface area (TPSA) is 70.0 Å². The molecule has 0 aromatic heterocycles. The standard InChI is InChI=1S/C11H19NO4/c13-9-2-5-16-11(6-9)3-1-4-12(8-11)7-10(14)15/h9,13H,1-8H2,(H,14,15). The number of nitrogens with zero attached hydrogens (tertiary/aromatic N) is 1. The summed E-state index contributed by atoms with van der Waals surface area (Å²) < 4.78 is 5.79. The molecule has 92 valence electrons. The van der Waals surface area contributed by atoms with Crippen molar-refractivity contribution in [3.8, 4) is 0 Å². The van der Waals surface area contributed by atoms with E-state index >= 15 is 0 Å². The molecule has 2 N–H and O–H groups in total. The minimum atomic E-state index is -0.798. The van der Waals surface area contributed by atoms with Gasteiger partial charge in [0, 0.05) is 19.6 Å². The molecule has 2 atom stereocenters. The Morgan fingerprint density at radius 1 is 1.56 bits per heavy atom. The number of aliphatic hydroxyl groups excluding tert-OH is 1. The number of ether oxygens (including phenoxy) is 1. The van der Waals surface area contributed by atoms with Gasteiger partial charge < -0.3 is 14.9 Å². The van der Waals surface area contributed by atoms with Crippen molar-refractivity contribution >= 4 is 5.97 Å². The maximum absolute atomic E-state index is 10.7. The lowest BCUT2D eigenvalue weighted by Gasteiger charge is -2.45. The quantitative estimate of drug-likeness (QED) is 0.701. The second kappa shape index (κ2) is 4.69. The van der Waals surface area contributed by atoms with Crippen LogP contribution in [-0.4, -0.2) is 59.0 Å². The highest BCUT2D eigenvalue weighted by Gasteiger charge is 2.40. The fourth-order valence-corrected chi connectivity index (χ4v) is 2.80. The molecule has 0 bridgehead atoms. The van der Waals surface area contributed by atoms with Gasteiger partial charge in [0.2, 0.25) is 0 Å². The largest absolute Gasteiger partial charge is 0.480 e. The Hall–Kier alpha value is -0.650. The van der Waals surface area contributed by atoms with Crippen LogP contribution in [0.2, 0.25) is 0 Å². The van der Waals surface area contributed by atoms with Crippen LogP contribution in [0.25, 0.3) is 0 Å². The molecule has 2 heterocycles. The number of hydrogen-bond acceptors (Lipinski definition) is 4. The predicted molar refractivity (Wildman–Crippen MR) is 57.2 cm³/mol. The van der Waals surface area contributed by atoms with Gasteiger partial charge in [-0.25, -0.2) is 0 Å². The molecule has 1 spiro atoms. The predicted octanol–water partition coefficient (Wildman–Crippen LogP) is 0.0769. The number of rotatable bonds is 2. The number of piperidine rings is 1. The number of carboxylic acids is 1. The first-order valence-electron chi connectivity index (χ1n) is 5.86. The van der Waals surface area contributed by atoms with Crippen molar-refractivity contribution in [3.05, 3.63) is 0 Å². The van der Waals surface area contributed by atoms with Crippen LogP contribution < -0.4 is 0 Å². The highest BCUT2D eigenvalue weighted by molar-refractivity contribution is 5.69. The van der Waals surface area contributed by atoms with Crippen molar-refractivity contribution in [2.24, 2.45) is 0 Å². The maximum Gasteiger partial charge on any atom is 0.317 e. The first-order chi connectivity index (χ1) is 7.60. The molecule has 2 aliphatic rings. The van der Waals surface area contributed by atoms with Gasteiger partial charge in [0.25, 0.3) is 0 Å². The zero-order valence-corrected chi connectivity index (χ0v) is 9.39. The SMILES string of the molecule is O=C(O)CN1CCCC2(CC(O)CCO2)C1. The molecule has 0 aliphatic carbocycles. The van der Waals surface area contributed by atoms with Crippen molar-refractivity contribution < 1.29 is 19.7 Å². The second-order valence-corrected chi connectivity index (χ2v) is 4.89. The minimum absolute atomic E-state index is 0.0706. The number of likely N-dealkylation sites (tertiary alicyclic amines) is 1. The molecule has 0 radical (unpaired) electrons. The van der Waals surface area contributed by atoms with Crippen LogP contribution in [0.4, 0.5) is 0 Å². The molecule has 0 amide bonds. The third-order valence-electron chi connectivity index (χ3n) is 3.44. The molecular weight excluding hydrogens is 210 g/mol. The maximum atomic E-state index is 10.7. The third-order valence-corrected chi connectivity index (χ3v) is 3.44. The summed E-state index contributed by atoms with van der Waals surface area (Å²) in [7, 11) is 0. The van der Waals surface area contributed by atoms with Gasteiger partial charge >= 0.3 is 5.97 Å². The average Bonchev–Trinajstić information content (AvgIpc) is 2.15. The molecule has 2 fully saturated rings. The molecule has 0 aromatic rings. The van der Waals surface area contributed by atoms with Gasteiger partial charge in [-0.2, -0.15) is 0 Å². The average molecular weight is 229 g/mol. The first-order valence-corrected chi connectivity index (χ1v) is 5.86. The summed E-state index contributed by atoms with van der Waals surface area (Å²) in [6.45, 7) is 2.10. The normalized spacial score (nSPS) is 36.4. The molecule has 2 aliphatic heterocycles. The highest BCUT2D eigenvalue weighted by Crippen LogP contribution is 2.33. The fraction of sp³-hybridized carbons (Fsp3) is 0.909. The van der Waals surface area contributed by atoms with Crippen molar-refractivity contribution in [1.82, 2.24) is 4.90 Å². The molecule has 2 saturated heterocycles. The van der Waals surface area contributed by atoms with Crippen LogP contribution >= 0.6 is 0 Å². The number of aliphatic carboxylic acids is 1. The van der Waals surface area contributed by atoms with E-state index in [1.807, 2.05) is 4.90 Å². The van der Waals surface area contributed by atoms with E-state index in [4.69, 9.17) is 9.84 Å². The van der Waals surface area contributed by atoms with Crippen LogP contribution in [0.1, 0.15) is 25.7 Å². The Balaban J connectivity index is 1.96. The Morgan fingerprint density at radius 3 is 3.06 bits per heavy atom. The molecule has 5 nitrogen and oxygen atoms in total. The lowest BCUT2D eigenvalue weighted by Crippen LogP contribution is -2.54. The Morgan fingerprint density at radius 2 is 2.38 bits per heavy atom. The first kappa shape index (κ1) is 11.8. The number of carboxylic acid groups (broad SMARTS) is 1. The monoisotopic (exact) mass is 229 g/mol. The van der Waals surface area contributed by atoms with E-state index in [0.717, 1.165) is 19.4 Å². The van der Waals surface area contributed by atoms with Gasteiger partial charge in [-0.3, -0.25) is 9.69 Å². The van der Waals surface area contributed by atoms with Crippen LogP contribution in [-0.2, 0) is 9.53 Å². The summed E-state index contributed by atoms with van der Waals surface area (Å²) in [6.07, 6.45) is 2.92. The molecule has 0 saturated carbocycles. The van der Waals surface area contributed by atoms with Crippen LogP contribution in [0.3, 0.4) is 0 Å². The third kappa shape index (κ3) is 2.72. The highest BCUT2D eigenvalue weighted by atomic mass is 16.5. The van der Waals surface area contributed by atoms with Gasteiger partial charge in [-0.1, -0.05) is 0 Å². The number of hydrogen-bond donors (Lipinski definition) is 2. The van der Waals surface area contributed by atoms with Crippen LogP contribution in [0, 0.1) is 0 Å². The smallest absolute Gasteiger partial charge is 0.317 e. The molecule has 16 heavy (non-hydrogen) atoms. The van der Waals surface area contributed by atoms with Gasteiger partial charge in [-0.05, 0) is 25.8 Å². The van der Waals surface area contributed by atoms with Crippen molar-refractivity contribution in [2.75, 3.05) is 26.2 Å². The van der Waals surface area contributed by atoms with E-state index in [2.05, 4.69) is 0 Å². The summed E-state index contributed by atoms with van der Waals surface area (Å²) >= 11 is 0.